The Balaban J connectivity index is 1.92. The minimum Gasteiger partial charge on any atom is -0.464 e. The molecule has 0 saturated carbocycles. The van der Waals surface area contributed by atoms with E-state index in [0.29, 0.717) is 25.4 Å². The van der Waals surface area contributed by atoms with Crippen molar-refractivity contribution in [3.8, 4) is 11.5 Å². The average Bonchev–Trinajstić information content (AvgIpc) is 2.87. The van der Waals surface area contributed by atoms with Crippen molar-refractivity contribution in [2.45, 2.75) is 33.0 Å². The zero-order valence-corrected chi connectivity index (χ0v) is 11.2. The van der Waals surface area contributed by atoms with Gasteiger partial charge in [-0.05, 0) is 31.0 Å². The molecule has 0 aliphatic carbocycles. The molecule has 1 aliphatic heterocycles. The molecule has 0 spiro atoms. The molecule has 1 atom stereocenters. The molecule has 104 valence electrons. The molecule has 19 heavy (non-hydrogen) atoms. The van der Waals surface area contributed by atoms with Crippen molar-refractivity contribution < 1.29 is 23.7 Å². The number of hydrogen-bond acceptors (Lipinski definition) is 5. The summed E-state index contributed by atoms with van der Waals surface area (Å²) in [5.41, 5.74) is 0.937. The van der Waals surface area contributed by atoms with Crippen LogP contribution in [0.1, 0.15) is 25.8 Å². The van der Waals surface area contributed by atoms with Gasteiger partial charge in [0.2, 0.25) is 6.79 Å². The lowest BCUT2D eigenvalue weighted by Gasteiger charge is -2.14. The molecule has 0 amide bonds. The van der Waals surface area contributed by atoms with Crippen LogP contribution in [0.2, 0.25) is 0 Å². The lowest BCUT2D eigenvalue weighted by molar-refractivity contribution is -0.157. The Bertz CT molecular complexity index is 443. The van der Waals surface area contributed by atoms with E-state index >= 15 is 0 Å². The Morgan fingerprint density at radius 3 is 2.84 bits per heavy atom. The van der Waals surface area contributed by atoms with Gasteiger partial charge in [0.25, 0.3) is 0 Å². The molecule has 0 radical (unpaired) electrons. The van der Waals surface area contributed by atoms with Crippen LogP contribution in [0.4, 0.5) is 0 Å². The molecule has 5 heteroatoms. The molecule has 1 aliphatic rings. The van der Waals surface area contributed by atoms with E-state index in [1.165, 1.54) is 0 Å². The SMILES string of the molecule is CCOC(=O)C(CC)OCc1ccc2c(c1)OCO2. The second kappa shape index (κ2) is 6.43. The number of hydrogen-bond donors (Lipinski definition) is 0. The molecule has 0 bridgehead atoms. The fourth-order valence-electron chi connectivity index (χ4n) is 1.82. The van der Waals surface area contributed by atoms with Crippen molar-refractivity contribution in [3.05, 3.63) is 23.8 Å². The molecule has 1 heterocycles. The summed E-state index contributed by atoms with van der Waals surface area (Å²) >= 11 is 0. The van der Waals surface area contributed by atoms with Crippen LogP contribution in [-0.4, -0.2) is 25.5 Å². The molecule has 0 aromatic heterocycles. The summed E-state index contributed by atoms with van der Waals surface area (Å²) in [6.07, 6.45) is 0.0639. The molecular weight excluding hydrogens is 248 g/mol. The van der Waals surface area contributed by atoms with Crippen molar-refractivity contribution in [2.75, 3.05) is 13.4 Å². The van der Waals surface area contributed by atoms with Crippen LogP contribution in [0.15, 0.2) is 18.2 Å². The number of carbonyl (C=O) groups is 1. The summed E-state index contributed by atoms with van der Waals surface area (Å²) in [6, 6.07) is 5.60. The quantitative estimate of drug-likeness (QED) is 0.739. The van der Waals surface area contributed by atoms with E-state index in [2.05, 4.69) is 0 Å². The molecule has 0 N–H and O–H groups in total. The largest absolute Gasteiger partial charge is 0.464 e. The maximum atomic E-state index is 11.6. The summed E-state index contributed by atoms with van der Waals surface area (Å²) in [7, 11) is 0. The van der Waals surface area contributed by atoms with Crippen LogP contribution in [0.3, 0.4) is 0 Å². The fourth-order valence-corrected chi connectivity index (χ4v) is 1.82. The van der Waals surface area contributed by atoms with Gasteiger partial charge in [-0.15, -0.1) is 0 Å². The van der Waals surface area contributed by atoms with Gasteiger partial charge in [0.15, 0.2) is 17.6 Å². The van der Waals surface area contributed by atoms with E-state index in [1.54, 1.807) is 6.92 Å². The first-order valence-corrected chi connectivity index (χ1v) is 6.41. The number of carbonyl (C=O) groups excluding carboxylic acids is 1. The number of ether oxygens (including phenoxy) is 4. The molecule has 0 saturated heterocycles. The minimum absolute atomic E-state index is 0.250. The van der Waals surface area contributed by atoms with Crippen LogP contribution in [-0.2, 0) is 20.9 Å². The van der Waals surface area contributed by atoms with Crippen LogP contribution in [0, 0.1) is 0 Å². The third-order valence-electron chi connectivity index (χ3n) is 2.81. The minimum atomic E-state index is -0.523. The van der Waals surface area contributed by atoms with Crippen molar-refractivity contribution in [2.24, 2.45) is 0 Å². The summed E-state index contributed by atoms with van der Waals surface area (Å²) < 4.78 is 21.1. The molecule has 1 unspecified atom stereocenters. The van der Waals surface area contributed by atoms with E-state index in [-0.39, 0.29) is 12.8 Å². The van der Waals surface area contributed by atoms with Crippen LogP contribution < -0.4 is 9.47 Å². The van der Waals surface area contributed by atoms with Gasteiger partial charge in [0.05, 0.1) is 13.2 Å². The highest BCUT2D eigenvalue weighted by Gasteiger charge is 2.19. The van der Waals surface area contributed by atoms with Gasteiger partial charge in [-0.25, -0.2) is 4.79 Å². The third-order valence-corrected chi connectivity index (χ3v) is 2.81. The lowest BCUT2D eigenvalue weighted by Crippen LogP contribution is -2.25. The summed E-state index contributed by atoms with van der Waals surface area (Å²) in [5, 5.41) is 0. The van der Waals surface area contributed by atoms with Crippen LogP contribution >= 0.6 is 0 Å². The Morgan fingerprint density at radius 2 is 2.11 bits per heavy atom. The van der Waals surface area contributed by atoms with Gasteiger partial charge in [-0.1, -0.05) is 13.0 Å². The molecule has 1 aromatic carbocycles. The van der Waals surface area contributed by atoms with Crippen LogP contribution in [0.25, 0.3) is 0 Å². The Hall–Kier alpha value is -1.75. The van der Waals surface area contributed by atoms with E-state index in [1.807, 2.05) is 25.1 Å². The second-order valence-corrected chi connectivity index (χ2v) is 4.15. The first-order valence-electron chi connectivity index (χ1n) is 6.41. The number of benzene rings is 1. The molecule has 5 nitrogen and oxygen atoms in total. The Labute approximate surface area is 112 Å². The molecule has 1 aromatic rings. The van der Waals surface area contributed by atoms with Crippen LogP contribution in [0.5, 0.6) is 11.5 Å². The van der Waals surface area contributed by atoms with Gasteiger partial charge >= 0.3 is 5.97 Å². The summed E-state index contributed by atoms with van der Waals surface area (Å²) in [6.45, 7) is 4.63. The highest BCUT2D eigenvalue weighted by Crippen LogP contribution is 2.32. The van der Waals surface area contributed by atoms with Gasteiger partial charge in [-0.3, -0.25) is 0 Å². The maximum absolute atomic E-state index is 11.6. The van der Waals surface area contributed by atoms with E-state index in [0.717, 1.165) is 11.3 Å². The second-order valence-electron chi connectivity index (χ2n) is 4.15. The van der Waals surface area contributed by atoms with Crippen molar-refractivity contribution in [1.29, 1.82) is 0 Å². The fraction of sp³-hybridized carbons (Fsp3) is 0.500. The molecular formula is C14H18O5. The zero-order valence-electron chi connectivity index (χ0n) is 11.2. The van der Waals surface area contributed by atoms with Gasteiger partial charge in [0.1, 0.15) is 0 Å². The molecule has 2 rings (SSSR count). The van der Waals surface area contributed by atoms with Crippen molar-refractivity contribution in [3.63, 3.8) is 0 Å². The van der Waals surface area contributed by atoms with Gasteiger partial charge in [-0.2, -0.15) is 0 Å². The maximum Gasteiger partial charge on any atom is 0.335 e. The predicted molar refractivity (Wildman–Crippen MR) is 68.1 cm³/mol. The first kappa shape index (κ1) is 13.7. The van der Waals surface area contributed by atoms with Crippen molar-refractivity contribution >= 4 is 5.97 Å². The zero-order chi connectivity index (χ0) is 13.7. The average molecular weight is 266 g/mol. The third kappa shape index (κ3) is 3.38. The Kier molecular flexibility index (Phi) is 4.63. The number of rotatable bonds is 6. The van der Waals surface area contributed by atoms with E-state index < -0.39 is 6.10 Å². The van der Waals surface area contributed by atoms with E-state index in [9.17, 15) is 4.79 Å². The smallest absolute Gasteiger partial charge is 0.335 e. The normalized spacial score (nSPS) is 14.2. The topological polar surface area (TPSA) is 54.0 Å². The Morgan fingerprint density at radius 1 is 1.32 bits per heavy atom. The number of esters is 1. The first-order chi connectivity index (χ1) is 9.24. The summed E-state index contributed by atoms with van der Waals surface area (Å²) in [5.74, 6) is 1.14. The summed E-state index contributed by atoms with van der Waals surface area (Å²) in [4.78, 5) is 11.6. The van der Waals surface area contributed by atoms with Gasteiger partial charge in [0, 0.05) is 0 Å². The number of fused-ring (bicyclic) bond motifs is 1. The van der Waals surface area contributed by atoms with E-state index in [4.69, 9.17) is 18.9 Å². The predicted octanol–water partition coefficient (Wildman–Crippen LogP) is 2.27. The van der Waals surface area contributed by atoms with Crippen molar-refractivity contribution in [1.82, 2.24) is 0 Å². The highest BCUT2D eigenvalue weighted by molar-refractivity contribution is 5.74. The van der Waals surface area contributed by atoms with Gasteiger partial charge < -0.3 is 18.9 Å². The highest BCUT2D eigenvalue weighted by atomic mass is 16.7. The monoisotopic (exact) mass is 266 g/mol. The molecule has 0 fully saturated rings. The lowest BCUT2D eigenvalue weighted by atomic mass is 10.2. The standard InChI is InChI=1S/C14H18O5/c1-3-11(14(15)16-4-2)17-8-10-5-6-12-13(7-10)19-9-18-12/h5-7,11H,3-4,8-9H2,1-2H3.